The Labute approximate surface area is 211 Å². The molecule has 0 radical (unpaired) electrons. The van der Waals surface area contributed by atoms with E-state index in [2.05, 4.69) is 22.2 Å². The minimum absolute atomic E-state index is 0.0712. The molecule has 0 atom stereocenters. The average Bonchev–Trinajstić information content (AvgIpc) is 2.90. The number of carbonyl (C=O) groups is 1. The number of carbonyl (C=O) groups excluding carboxylic acids is 1. The number of para-hydroxylation sites is 1. The maximum atomic E-state index is 12.8. The predicted octanol–water partition coefficient (Wildman–Crippen LogP) is 5.38. The van der Waals surface area contributed by atoms with Gasteiger partial charge in [-0.3, -0.25) is 4.79 Å². The standard InChI is InChI=1S/C29H29N5O2/c1-21-20-27(31-24-12-14-26(15-13-24)36-25-6-4-3-5-7-25)32-28(30-21)22-8-10-23(11-9-22)29(35)34-18-16-33(2)17-19-34/h3-15,20H,16-19H2,1-2H3,(H,30,31,32). The van der Waals surface area contributed by atoms with Crippen molar-refractivity contribution in [2.45, 2.75) is 6.92 Å². The molecule has 1 saturated heterocycles. The van der Waals surface area contributed by atoms with Gasteiger partial charge in [-0.25, -0.2) is 9.97 Å². The number of nitrogens with zero attached hydrogens (tertiary/aromatic N) is 4. The van der Waals surface area contributed by atoms with Gasteiger partial charge in [0.1, 0.15) is 17.3 Å². The van der Waals surface area contributed by atoms with E-state index in [1.165, 1.54) is 0 Å². The molecule has 1 fully saturated rings. The highest BCUT2D eigenvalue weighted by Gasteiger charge is 2.20. The van der Waals surface area contributed by atoms with E-state index in [1.807, 2.05) is 96.8 Å². The number of rotatable bonds is 6. The van der Waals surface area contributed by atoms with Crippen molar-refractivity contribution in [1.82, 2.24) is 19.8 Å². The summed E-state index contributed by atoms with van der Waals surface area (Å²) >= 11 is 0. The van der Waals surface area contributed by atoms with E-state index in [0.717, 1.165) is 54.6 Å². The van der Waals surface area contributed by atoms with E-state index in [1.54, 1.807) is 0 Å². The molecule has 1 amide bonds. The Morgan fingerprint density at radius 3 is 2.19 bits per heavy atom. The summed E-state index contributed by atoms with van der Waals surface area (Å²) in [6.45, 7) is 5.26. The molecule has 0 saturated carbocycles. The average molecular weight is 480 g/mol. The first-order valence-corrected chi connectivity index (χ1v) is 12.1. The van der Waals surface area contributed by atoms with Gasteiger partial charge in [-0.2, -0.15) is 0 Å². The van der Waals surface area contributed by atoms with Crippen molar-refractivity contribution in [2.75, 3.05) is 38.5 Å². The molecular weight excluding hydrogens is 450 g/mol. The second-order valence-electron chi connectivity index (χ2n) is 8.96. The molecule has 0 bridgehead atoms. The monoisotopic (exact) mass is 479 g/mol. The first-order chi connectivity index (χ1) is 17.5. The Bertz CT molecular complexity index is 1320. The number of hydrogen-bond donors (Lipinski definition) is 1. The molecule has 0 spiro atoms. The summed E-state index contributed by atoms with van der Waals surface area (Å²) in [5, 5.41) is 3.35. The lowest BCUT2D eigenvalue weighted by molar-refractivity contribution is 0.0664. The number of ether oxygens (including phenoxy) is 1. The molecule has 7 heteroatoms. The molecule has 0 aliphatic carbocycles. The van der Waals surface area contributed by atoms with Crippen LogP contribution in [0.25, 0.3) is 11.4 Å². The number of amides is 1. The topological polar surface area (TPSA) is 70.6 Å². The van der Waals surface area contributed by atoms with Crippen molar-refractivity contribution in [1.29, 1.82) is 0 Å². The molecule has 3 aromatic carbocycles. The lowest BCUT2D eigenvalue weighted by Crippen LogP contribution is -2.47. The van der Waals surface area contributed by atoms with Gasteiger partial charge < -0.3 is 19.9 Å². The van der Waals surface area contributed by atoms with Crippen LogP contribution >= 0.6 is 0 Å². The van der Waals surface area contributed by atoms with Crippen molar-refractivity contribution >= 4 is 17.4 Å². The summed E-state index contributed by atoms with van der Waals surface area (Å²) in [5.74, 6) is 2.94. The zero-order valence-corrected chi connectivity index (χ0v) is 20.5. The third-order valence-corrected chi connectivity index (χ3v) is 6.14. The zero-order valence-electron chi connectivity index (χ0n) is 20.5. The van der Waals surface area contributed by atoms with E-state index < -0.39 is 0 Å². The van der Waals surface area contributed by atoms with Gasteiger partial charge in [-0.05, 0) is 62.5 Å². The van der Waals surface area contributed by atoms with Crippen LogP contribution in [0.4, 0.5) is 11.5 Å². The zero-order chi connectivity index (χ0) is 24.9. The quantitative estimate of drug-likeness (QED) is 0.401. The van der Waals surface area contributed by atoms with E-state index >= 15 is 0 Å². The van der Waals surface area contributed by atoms with Crippen molar-refractivity contribution in [3.63, 3.8) is 0 Å². The van der Waals surface area contributed by atoms with E-state index in [4.69, 9.17) is 9.72 Å². The molecule has 4 aromatic rings. The highest BCUT2D eigenvalue weighted by Crippen LogP contribution is 2.25. The second-order valence-corrected chi connectivity index (χ2v) is 8.96. The van der Waals surface area contributed by atoms with Crippen LogP contribution in [0.3, 0.4) is 0 Å². The van der Waals surface area contributed by atoms with Gasteiger partial charge in [0.2, 0.25) is 0 Å². The van der Waals surface area contributed by atoms with Gasteiger partial charge in [0, 0.05) is 54.8 Å². The summed E-state index contributed by atoms with van der Waals surface area (Å²) in [7, 11) is 2.08. The molecule has 36 heavy (non-hydrogen) atoms. The number of aromatic nitrogens is 2. The largest absolute Gasteiger partial charge is 0.457 e. The molecule has 5 rings (SSSR count). The summed E-state index contributed by atoms with van der Waals surface area (Å²) < 4.78 is 5.87. The highest BCUT2D eigenvalue weighted by atomic mass is 16.5. The third kappa shape index (κ3) is 5.70. The highest BCUT2D eigenvalue weighted by molar-refractivity contribution is 5.94. The fourth-order valence-electron chi connectivity index (χ4n) is 4.09. The minimum Gasteiger partial charge on any atom is -0.457 e. The van der Waals surface area contributed by atoms with Crippen LogP contribution in [-0.2, 0) is 0 Å². The van der Waals surface area contributed by atoms with Crippen molar-refractivity contribution in [3.8, 4) is 22.9 Å². The first kappa shape index (κ1) is 23.5. The van der Waals surface area contributed by atoms with Crippen LogP contribution in [0, 0.1) is 6.92 Å². The lowest BCUT2D eigenvalue weighted by atomic mass is 10.1. The fourth-order valence-corrected chi connectivity index (χ4v) is 4.09. The SMILES string of the molecule is Cc1cc(Nc2ccc(Oc3ccccc3)cc2)nc(-c2ccc(C(=O)N3CCN(C)CC3)cc2)n1. The number of piperazine rings is 1. The van der Waals surface area contributed by atoms with Gasteiger partial charge in [0.05, 0.1) is 0 Å². The normalized spacial score (nSPS) is 13.9. The minimum atomic E-state index is 0.0712. The number of nitrogens with one attached hydrogen (secondary N) is 1. The van der Waals surface area contributed by atoms with Crippen molar-refractivity contribution < 1.29 is 9.53 Å². The number of hydrogen-bond acceptors (Lipinski definition) is 6. The van der Waals surface area contributed by atoms with Crippen molar-refractivity contribution in [2.24, 2.45) is 0 Å². The van der Waals surface area contributed by atoms with Crippen LogP contribution in [0.15, 0.2) is 84.9 Å². The molecular formula is C29H29N5O2. The number of anilines is 2. The molecule has 0 unspecified atom stereocenters. The maximum absolute atomic E-state index is 12.8. The maximum Gasteiger partial charge on any atom is 0.253 e. The van der Waals surface area contributed by atoms with Crippen LogP contribution in [0.2, 0.25) is 0 Å². The van der Waals surface area contributed by atoms with Gasteiger partial charge in [-0.1, -0.05) is 30.3 Å². The van der Waals surface area contributed by atoms with E-state index in [9.17, 15) is 4.79 Å². The summed E-state index contributed by atoms with van der Waals surface area (Å²) in [4.78, 5) is 26.3. The van der Waals surface area contributed by atoms with Crippen LogP contribution in [0.5, 0.6) is 11.5 Å². The van der Waals surface area contributed by atoms with E-state index in [0.29, 0.717) is 17.2 Å². The molecule has 2 heterocycles. The summed E-state index contributed by atoms with van der Waals surface area (Å²) in [5.41, 5.74) is 3.30. The smallest absolute Gasteiger partial charge is 0.253 e. The number of likely N-dealkylation sites (N-methyl/N-ethyl adjacent to an activating group) is 1. The Morgan fingerprint density at radius 2 is 1.50 bits per heavy atom. The predicted molar refractivity (Wildman–Crippen MR) is 142 cm³/mol. The Morgan fingerprint density at radius 1 is 0.833 bits per heavy atom. The summed E-state index contributed by atoms with van der Waals surface area (Å²) in [6, 6.07) is 26.9. The Kier molecular flexibility index (Phi) is 6.91. The van der Waals surface area contributed by atoms with Crippen LogP contribution in [-0.4, -0.2) is 58.9 Å². The molecule has 1 N–H and O–H groups in total. The molecule has 182 valence electrons. The molecule has 7 nitrogen and oxygen atoms in total. The van der Waals surface area contributed by atoms with Crippen LogP contribution in [0.1, 0.15) is 16.1 Å². The van der Waals surface area contributed by atoms with Gasteiger partial charge >= 0.3 is 0 Å². The molecule has 1 aliphatic rings. The number of benzene rings is 3. The first-order valence-electron chi connectivity index (χ1n) is 12.1. The van der Waals surface area contributed by atoms with Gasteiger partial charge in [0.25, 0.3) is 5.91 Å². The Balaban J connectivity index is 1.27. The fraction of sp³-hybridized carbons (Fsp3) is 0.207. The van der Waals surface area contributed by atoms with Crippen LogP contribution < -0.4 is 10.1 Å². The van der Waals surface area contributed by atoms with E-state index in [-0.39, 0.29) is 5.91 Å². The lowest BCUT2D eigenvalue weighted by Gasteiger charge is -2.32. The number of aryl methyl sites for hydroxylation is 1. The van der Waals surface area contributed by atoms with Gasteiger partial charge in [-0.15, -0.1) is 0 Å². The molecule has 1 aliphatic heterocycles. The summed E-state index contributed by atoms with van der Waals surface area (Å²) in [6.07, 6.45) is 0. The molecule has 1 aromatic heterocycles. The van der Waals surface area contributed by atoms with Gasteiger partial charge in [0.15, 0.2) is 5.82 Å². The third-order valence-electron chi connectivity index (χ3n) is 6.14. The Hall–Kier alpha value is -4.23. The second kappa shape index (κ2) is 10.6. The van der Waals surface area contributed by atoms with Crippen molar-refractivity contribution in [3.05, 3.63) is 96.2 Å².